The number of amidine groups is 1. The van der Waals surface area contributed by atoms with Gasteiger partial charge in [-0.3, -0.25) is 9.69 Å². The Labute approximate surface area is 169 Å². The van der Waals surface area contributed by atoms with Gasteiger partial charge in [0.1, 0.15) is 0 Å². The minimum Gasteiger partial charge on any atom is -0.286 e. The number of amides is 1. The highest BCUT2D eigenvalue weighted by Crippen LogP contribution is 2.34. The van der Waals surface area contributed by atoms with Crippen molar-refractivity contribution in [3.05, 3.63) is 107 Å². The smallest absolute Gasteiger partial charge is 0.266 e. The fourth-order valence-corrected chi connectivity index (χ4v) is 4.01. The lowest BCUT2D eigenvalue weighted by Crippen LogP contribution is -2.31. The molecule has 1 aliphatic rings. The van der Waals surface area contributed by atoms with Gasteiger partial charge in [0.25, 0.3) is 5.91 Å². The van der Waals surface area contributed by atoms with Crippen molar-refractivity contribution < 1.29 is 4.79 Å². The Morgan fingerprint density at radius 2 is 1.43 bits per heavy atom. The first kappa shape index (κ1) is 18.3. The fourth-order valence-electron chi connectivity index (χ4n) is 2.99. The summed E-state index contributed by atoms with van der Waals surface area (Å²) in [5.74, 6) is 0.0134. The lowest BCUT2D eigenvalue weighted by Gasteiger charge is -2.15. The van der Waals surface area contributed by atoms with E-state index in [9.17, 15) is 4.79 Å². The second-order valence-corrected chi connectivity index (χ2v) is 7.45. The molecule has 0 radical (unpaired) electrons. The summed E-state index contributed by atoms with van der Waals surface area (Å²) in [7, 11) is 0. The molecule has 0 spiro atoms. The Bertz CT molecular complexity index is 999. The molecule has 0 N–H and O–H groups in total. The van der Waals surface area contributed by atoms with Crippen molar-refractivity contribution in [2.75, 3.05) is 6.54 Å². The second kappa shape index (κ2) is 8.72. The fraction of sp³-hybridized carbons (Fsp3) is 0.0833. The van der Waals surface area contributed by atoms with Crippen LogP contribution in [0.25, 0.3) is 6.08 Å². The summed E-state index contributed by atoms with van der Waals surface area (Å²) >= 11 is 1.44. The van der Waals surface area contributed by atoms with Crippen LogP contribution in [0, 0.1) is 0 Å². The van der Waals surface area contributed by atoms with Gasteiger partial charge < -0.3 is 0 Å². The van der Waals surface area contributed by atoms with Crippen molar-refractivity contribution in [1.29, 1.82) is 0 Å². The third kappa shape index (κ3) is 4.41. The van der Waals surface area contributed by atoms with Crippen LogP contribution in [0.2, 0.25) is 0 Å². The van der Waals surface area contributed by atoms with Gasteiger partial charge in [-0.15, -0.1) is 0 Å². The molecular weight excluding hydrogens is 364 g/mol. The first-order chi connectivity index (χ1) is 13.8. The first-order valence-electron chi connectivity index (χ1n) is 9.24. The predicted octanol–water partition coefficient (Wildman–Crippen LogP) is 5.53. The molecule has 1 amide bonds. The van der Waals surface area contributed by atoms with Crippen LogP contribution >= 0.6 is 11.8 Å². The third-order valence-electron chi connectivity index (χ3n) is 4.43. The van der Waals surface area contributed by atoms with Gasteiger partial charge in [-0.1, -0.05) is 78.9 Å². The maximum atomic E-state index is 13.1. The van der Waals surface area contributed by atoms with Gasteiger partial charge in [0.2, 0.25) is 0 Å². The van der Waals surface area contributed by atoms with Crippen LogP contribution in [0.3, 0.4) is 0 Å². The summed E-state index contributed by atoms with van der Waals surface area (Å²) in [6, 6.07) is 29.9. The molecule has 0 unspecified atom stereocenters. The highest BCUT2D eigenvalue weighted by Gasteiger charge is 2.33. The minimum atomic E-state index is 0.0134. The third-order valence-corrected chi connectivity index (χ3v) is 5.44. The van der Waals surface area contributed by atoms with Crippen LogP contribution in [-0.2, 0) is 11.2 Å². The Balaban J connectivity index is 1.62. The molecule has 3 aromatic carbocycles. The molecular formula is C24H20N2OS. The lowest BCUT2D eigenvalue weighted by molar-refractivity contribution is -0.122. The molecule has 1 heterocycles. The molecule has 0 atom stereocenters. The average Bonchev–Trinajstić information content (AvgIpc) is 3.03. The number of benzene rings is 3. The standard InChI is InChI=1S/C24H20N2OS/c27-23-22(18-20-12-6-2-7-13-20)28-24(25-21-14-8-3-9-15-21)26(23)17-16-19-10-4-1-5-11-19/h1-15,18H,16-17H2/b22-18+,25-24?. The van der Waals surface area contributed by atoms with E-state index in [1.54, 1.807) is 4.90 Å². The van der Waals surface area contributed by atoms with Gasteiger partial charge >= 0.3 is 0 Å². The molecule has 0 saturated carbocycles. The van der Waals surface area contributed by atoms with E-state index in [0.717, 1.165) is 22.8 Å². The van der Waals surface area contributed by atoms with Crippen LogP contribution < -0.4 is 0 Å². The van der Waals surface area contributed by atoms with Crippen LogP contribution in [0.5, 0.6) is 0 Å². The van der Waals surface area contributed by atoms with Crippen LogP contribution in [0.15, 0.2) is 101 Å². The van der Waals surface area contributed by atoms with E-state index >= 15 is 0 Å². The highest BCUT2D eigenvalue weighted by molar-refractivity contribution is 8.18. The molecule has 1 saturated heterocycles. The maximum Gasteiger partial charge on any atom is 0.266 e. The van der Waals surface area contributed by atoms with Crippen molar-refractivity contribution in [2.24, 2.45) is 4.99 Å². The number of aliphatic imine (C=N–C) groups is 1. The molecule has 3 aromatic rings. The molecule has 28 heavy (non-hydrogen) atoms. The zero-order valence-electron chi connectivity index (χ0n) is 15.4. The van der Waals surface area contributed by atoms with E-state index in [-0.39, 0.29) is 5.91 Å². The van der Waals surface area contributed by atoms with Gasteiger partial charge in [-0.25, -0.2) is 4.99 Å². The van der Waals surface area contributed by atoms with E-state index in [4.69, 9.17) is 4.99 Å². The SMILES string of the molecule is O=C1/C(=C\c2ccccc2)SC(=Nc2ccccc2)N1CCc1ccccc1. The number of hydrogen-bond donors (Lipinski definition) is 0. The van der Waals surface area contributed by atoms with Crippen molar-refractivity contribution in [2.45, 2.75) is 6.42 Å². The summed E-state index contributed by atoms with van der Waals surface area (Å²) in [5, 5.41) is 0.731. The minimum absolute atomic E-state index is 0.0134. The molecule has 0 aliphatic carbocycles. The summed E-state index contributed by atoms with van der Waals surface area (Å²) < 4.78 is 0. The Morgan fingerprint density at radius 1 is 0.821 bits per heavy atom. The Morgan fingerprint density at radius 3 is 2.11 bits per heavy atom. The summed E-state index contributed by atoms with van der Waals surface area (Å²) in [6.45, 7) is 0.605. The molecule has 0 aromatic heterocycles. The summed E-state index contributed by atoms with van der Waals surface area (Å²) in [4.78, 5) is 20.3. The number of carbonyl (C=O) groups is 1. The summed E-state index contributed by atoms with van der Waals surface area (Å²) in [6.07, 6.45) is 2.73. The molecule has 3 nitrogen and oxygen atoms in total. The van der Waals surface area contributed by atoms with Gasteiger partial charge in [-0.05, 0) is 47.5 Å². The normalized spacial score (nSPS) is 16.9. The summed E-state index contributed by atoms with van der Waals surface area (Å²) in [5.41, 5.74) is 3.07. The van der Waals surface area contributed by atoms with Gasteiger partial charge in [0.15, 0.2) is 5.17 Å². The quantitative estimate of drug-likeness (QED) is 0.542. The zero-order chi connectivity index (χ0) is 19.2. The molecule has 0 bridgehead atoms. The highest BCUT2D eigenvalue weighted by atomic mass is 32.2. The largest absolute Gasteiger partial charge is 0.286 e. The Hall–Kier alpha value is -3.11. The van der Waals surface area contributed by atoms with Gasteiger partial charge in [0.05, 0.1) is 10.6 Å². The lowest BCUT2D eigenvalue weighted by atomic mass is 10.1. The van der Waals surface area contributed by atoms with E-state index < -0.39 is 0 Å². The van der Waals surface area contributed by atoms with Crippen molar-refractivity contribution in [3.8, 4) is 0 Å². The molecule has 138 valence electrons. The van der Waals surface area contributed by atoms with Gasteiger partial charge in [-0.2, -0.15) is 0 Å². The van der Waals surface area contributed by atoms with E-state index in [0.29, 0.717) is 11.4 Å². The van der Waals surface area contributed by atoms with E-state index in [1.807, 2.05) is 84.9 Å². The number of hydrogen-bond acceptors (Lipinski definition) is 3. The average molecular weight is 385 g/mol. The number of carbonyl (C=O) groups excluding carboxylic acids is 1. The number of nitrogens with zero attached hydrogens (tertiary/aromatic N) is 2. The molecule has 4 heteroatoms. The molecule has 1 fully saturated rings. The molecule has 1 aliphatic heterocycles. The number of rotatable bonds is 5. The van der Waals surface area contributed by atoms with Crippen LogP contribution in [0.1, 0.15) is 11.1 Å². The van der Waals surface area contributed by atoms with E-state index in [2.05, 4.69) is 12.1 Å². The Kier molecular flexibility index (Phi) is 5.69. The van der Waals surface area contributed by atoms with Crippen molar-refractivity contribution in [3.63, 3.8) is 0 Å². The second-order valence-electron chi connectivity index (χ2n) is 6.44. The van der Waals surface area contributed by atoms with Gasteiger partial charge in [0, 0.05) is 6.54 Å². The number of thioether (sulfide) groups is 1. The van der Waals surface area contributed by atoms with Crippen molar-refractivity contribution >= 4 is 34.6 Å². The zero-order valence-corrected chi connectivity index (χ0v) is 16.2. The molecule has 4 rings (SSSR count). The topological polar surface area (TPSA) is 32.7 Å². The van der Waals surface area contributed by atoms with Crippen molar-refractivity contribution in [1.82, 2.24) is 4.90 Å². The van der Waals surface area contributed by atoms with Crippen LogP contribution in [-0.4, -0.2) is 22.5 Å². The van der Waals surface area contributed by atoms with Crippen LogP contribution in [0.4, 0.5) is 5.69 Å². The van der Waals surface area contributed by atoms with E-state index in [1.165, 1.54) is 17.3 Å². The monoisotopic (exact) mass is 384 g/mol. The first-order valence-corrected chi connectivity index (χ1v) is 10.1. The maximum absolute atomic E-state index is 13.1. The predicted molar refractivity (Wildman–Crippen MR) is 117 cm³/mol. The number of para-hydroxylation sites is 1.